The van der Waals surface area contributed by atoms with Crippen LogP contribution in [0.1, 0.15) is 52.4 Å². The molecule has 0 spiro atoms. The van der Waals surface area contributed by atoms with Gasteiger partial charge in [-0.15, -0.1) is 0 Å². The predicted molar refractivity (Wildman–Crippen MR) is 124 cm³/mol. The van der Waals surface area contributed by atoms with E-state index >= 15 is 0 Å². The highest BCUT2D eigenvalue weighted by atomic mass is 16.6. The molecule has 200 valence electrons. The number of aliphatic hydroxyl groups is 2. The van der Waals surface area contributed by atoms with Crippen molar-refractivity contribution in [3.05, 3.63) is 24.3 Å². The van der Waals surface area contributed by atoms with Crippen LogP contribution in [0.2, 0.25) is 0 Å². The monoisotopic (exact) mass is 508 g/mol. The highest BCUT2D eigenvalue weighted by Gasteiger charge is 2.71. The maximum Gasteiger partial charge on any atom is 0.327 e. The molecule has 0 amide bonds. The summed E-state index contributed by atoms with van der Waals surface area (Å²) in [7, 11) is 0. The number of carbonyl (C=O) groups excluding carboxylic acids is 3. The molecule has 4 heterocycles. The lowest BCUT2D eigenvalue weighted by Crippen LogP contribution is -2.57. The van der Waals surface area contributed by atoms with Crippen molar-refractivity contribution in [3.63, 3.8) is 0 Å². The Bertz CT molecular complexity index is 930. The highest BCUT2D eigenvalue weighted by Crippen LogP contribution is 2.54. The lowest BCUT2D eigenvalue weighted by Gasteiger charge is -2.36. The summed E-state index contributed by atoms with van der Waals surface area (Å²) in [6, 6.07) is 0. The predicted octanol–water partition coefficient (Wildman–Crippen LogP) is 1.37. The van der Waals surface area contributed by atoms with Gasteiger partial charge in [0.25, 0.3) is 0 Å². The van der Waals surface area contributed by atoms with Crippen molar-refractivity contribution in [2.24, 2.45) is 10.8 Å². The minimum atomic E-state index is -1.73. The number of aliphatic hydroxyl groups excluding tert-OH is 2. The second-order valence-electron chi connectivity index (χ2n) is 10.0. The van der Waals surface area contributed by atoms with Gasteiger partial charge < -0.3 is 33.9 Å². The van der Waals surface area contributed by atoms with Crippen LogP contribution in [0, 0.1) is 10.8 Å². The number of unbranched alkanes of at least 4 members (excludes halogenated alkanes) is 2. The van der Waals surface area contributed by atoms with E-state index in [-0.39, 0.29) is 44.9 Å². The summed E-state index contributed by atoms with van der Waals surface area (Å²) in [5, 5.41) is 19.7. The average Bonchev–Trinajstić information content (AvgIpc) is 3.66. The molecule has 2 saturated heterocycles. The third-order valence-electron chi connectivity index (χ3n) is 8.03. The zero-order valence-corrected chi connectivity index (χ0v) is 20.9. The summed E-state index contributed by atoms with van der Waals surface area (Å²) in [6.45, 7) is 3.23. The Morgan fingerprint density at radius 3 is 2.17 bits per heavy atom. The molecule has 0 aromatic carbocycles. The fourth-order valence-corrected chi connectivity index (χ4v) is 5.92. The van der Waals surface area contributed by atoms with Gasteiger partial charge >= 0.3 is 17.9 Å². The molecule has 6 atom stereocenters. The summed E-state index contributed by atoms with van der Waals surface area (Å²) in [6.07, 6.45) is 8.83. The van der Waals surface area contributed by atoms with Crippen molar-refractivity contribution in [2.75, 3.05) is 33.0 Å². The zero-order valence-electron chi connectivity index (χ0n) is 20.9. The molecule has 4 aliphatic rings. The van der Waals surface area contributed by atoms with Crippen molar-refractivity contribution in [1.82, 2.24) is 0 Å². The van der Waals surface area contributed by atoms with E-state index in [0.717, 1.165) is 0 Å². The molecule has 10 heteroatoms. The Morgan fingerprint density at radius 1 is 0.889 bits per heavy atom. The van der Waals surface area contributed by atoms with E-state index in [2.05, 4.69) is 0 Å². The largest absolute Gasteiger partial charge is 0.465 e. The Hall–Kier alpha value is -2.27. The summed E-state index contributed by atoms with van der Waals surface area (Å²) in [5.74, 6) is -1.84. The maximum absolute atomic E-state index is 13.1. The minimum absolute atomic E-state index is 0.0638. The molecule has 2 fully saturated rings. The Labute approximate surface area is 210 Å². The fraction of sp³-hybridized carbons (Fsp3) is 0.731. The molecule has 6 unspecified atom stereocenters. The van der Waals surface area contributed by atoms with Crippen LogP contribution < -0.4 is 0 Å². The number of fused-ring (bicyclic) bond motifs is 4. The van der Waals surface area contributed by atoms with Gasteiger partial charge in [0.15, 0.2) is 0 Å². The molecule has 0 saturated carbocycles. The Morgan fingerprint density at radius 2 is 1.58 bits per heavy atom. The molecule has 4 rings (SSSR count). The molecule has 36 heavy (non-hydrogen) atoms. The molecule has 2 N–H and O–H groups in total. The number of rotatable bonds is 13. The first-order valence-electron chi connectivity index (χ1n) is 12.7. The minimum Gasteiger partial charge on any atom is -0.465 e. The first-order valence-corrected chi connectivity index (χ1v) is 12.7. The second kappa shape index (κ2) is 10.2. The fourth-order valence-electron chi connectivity index (χ4n) is 5.92. The van der Waals surface area contributed by atoms with Crippen LogP contribution in [0.3, 0.4) is 0 Å². The molecule has 0 aromatic heterocycles. The number of hydrogen-bond donors (Lipinski definition) is 2. The van der Waals surface area contributed by atoms with E-state index < -0.39 is 46.7 Å². The third kappa shape index (κ3) is 4.08. The standard InChI is InChI=1S/C26H36O10/c1-3-24(15-23(16-27)10-9-19(24)36-23)20(29)33-12-6-5-7-13-34-22(31)26(21(30)32-4-2)14-18-8-11-25(26,17-28)35-18/h8-11,18-19,27-28H,3-7,12-17H2,1-2H3. The van der Waals surface area contributed by atoms with Gasteiger partial charge in [-0.25, -0.2) is 0 Å². The maximum atomic E-state index is 13.1. The quantitative estimate of drug-likeness (QED) is 0.123. The van der Waals surface area contributed by atoms with Crippen LogP contribution in [-0.2, 0) is 38.1 Å². The van der Waals surface area contributed by atoms with Crippen molar-refractivity contribution in [2.45, 2.75) is 75.8 Å². The van der Waals surface area contributed by atoms with Crippen molar-refractivity contribution >= 4 is 17.9 Å². The Kier molecular flexibility index (Phi) is 7.62. The van der Waals surface area contributed by atoms with Gasteiger partial charge in [0.2, 0.25) is 5.41 Å². The van der Waals surface area contributed by atoms with Crippen LogP contribution in [0.25, 0.3) is 0 Å². The van der Waals surface area contributed by atoms with Gasteiger partial charge in [-0.1, -0.05) is 31.2 Å². The van der Waals surface area contributed by atoms with Crippen LogP contribution in [-0.4, -0.2) is 84.6 Å². The van der Waals surface area contributed by atoms with Gasteiger partial charge in [0.05, 0.1) is 45.2 Å². The van der Waals surface area contributed by atoms with E-state index in [1.165, 1.54) is 0 Å². The van der Waals surface area contributed by atoms with E-state index in [9.17, 15) is 24.6 Å². The molecule has 4 bridgehead atoms. The lowest BCUT2D eigenvalue weighted by atomic mass is 9.68. The molecule has 10 nitrogen and oxygen atoms in total. The van der Waals surface area contributed by atoms with Crippen LogP contribution in [0.5, 0.6) is 0 Å². The van der Waals surface area contributed by atoms with Gasteiger partial charge in [-0.05, 0) is 32.6 Å². The lowest BCUT2D eigenvalue weighted by molar-refractivity contribution is -0.184. The SMILES string of the molecule is CCOC(=O)C1(C(=O)OCCCCCOC(=O)C2(CC)CC3(CO)C=CC2O3)CC2C=CC1(CO)O2. The van der Waals surface area contributed by atoms with Crippen LogP contribution in [0.15, 0.2) is 24.3 Å². The third-order valence-corrected chi connectivity index (χ3v) is 8.03. The second-order valence-corrected chi connectivity index (χ2v) is 10.0. The number of ether oxygens (including phenoxy) is 5. The van der Waals surface area contributed by atoms with E-state index in [1.54, 1.807) is 19.1 Å². The number of carbonyl (C=O) groups is 3. The number of hydrogen-bond acceptors (Lipinski definition) is 10. The smallest absolute Gasteiger partial charge is 0.327 e. The van der Waals surface area contributed by atoms with Crippen molar-refractivity contribution in [3.8, 4) is 0 Å². The normalized spacial score (nSPS) is 37.4. The zero-order chi connectivity index (χ0) is 26.0. The molecule has 0 aliphatic carbocycles. The summed E-state index contributed by atoms with van der Waals surface area (Å²) < 4.78 is 27.8. The summed E-state index contributed by atoms with van der Waals surface area (Å²) in [4.78, 5) is 38.8. The molecular formula is C26H36O10. The van der Waals surface area contributed by atoms with Gasteiger partial charge in [0, 0.05) is 12.8 Å². The van der Waals surface area contributed by atoms with Crippen molar-refractivity contribution in [1.29, 1.82) is 0 Å². The topological polar surface area (TPSA) is 138 Å². The molecule has 0 aromatic rings. The summed E-state index contributed by atoms with van der Waals surface area (Å²) in [5.41, 5.74) is -4.78. The van der Waals surface area contributed by atoms with Gasteiger partial charge in [-0.2, -0.15) is 0 Å². The molecule has 0 radical (unpaired) electrons. The average molecular weight is 509 g/mol. The molecular weight excluding hydrogens is 472 g/mol. The van der Waals surface area contributed by atoms with E-state index in [1.807, 2.05) is 19.1 Å². The summed E-state index contributed by atoms with van der Waals surface area (Å²) >= 11 is 0. The number of esters is 3. The first kappa shape index (κ1) is 26.8. The van der Waals surface area contributed by atoms with Crippen LogP contribution in [0.4, 0.5) is 0 Å². The van der Waals surface area contributed by atoms with Crippen molar-refractivity contribution < 1.29 is 48.3 Å². The Balaban J connectivity index is 1.22. The van der Waals surface area contributed by atoms with Gasteiger partial charge in [0.1, 0.15) is 16.6 Å². The van der Waals surface area contributed by atoms with Crippen LogP contribution >= 0.6 is 0 Å². The first-order chi connectivity index (χ1) is 17.3. The highest BCUT2D eigenvalue weighted by molar-refractivity contribution is 6.03. The molecule has 4 aliphatic heterocycles. The van der Waals surface area contributed by atoms with E-state index in [0.29, 0.717) is 32.1 Å². The van der Waals surface area contributed by atoms with E-state index in [4.69, 9.17) is 23.7 Å². The van der Waals surface area contributed by atoms with Gasteiger partial charge in [-0.3, -0.25) is 14.4 Å².